The van der Waals surface area contributed by atoms with Crippen molar-refractivity contribution in [3.63, 3.8) is 0 Å². The molecule has 0 heterocycles. The average molecular weight is 212 g/mol. The van der Waals surface area contributed by atoms with Gasteiger partial charge in [0.1, 0.15) is 0 Å². The summed E-state index contributed by atoms with van der Waals surface area (Å²) in [5.41, 5.74) is 2.22. The quantitative estimate of drug-likeness (QED) is 0.740. The molecule has 0 aliphatic heterocycles. The van der Waals surface area contributed by atoms with Crippen LogP contribution < -0.4 is 0 Å². The molecule has 0 saturated carbocycles. The van der Waals surface area contributed by atoms with Gasteiger partial charge in [-0.05, 0) is 37.3 Å². The molecule has 77 valence electrons. The number of halogens is 1. The van der Waals surface area contributed by atoms with Crippen molar-refractivity contribution in [3.8, 4) is 0 Å². The van der Waals surface area contributed by atoms with E-state index in [2.05, 4.69) is 6.92 Å². The van der Waals surface area contributed by atoms with Crippen LogP contribution in [0.1, 0.15) is 23.5 Å². The molecule has 1 unspecified atom stereocenters. The van der Waals surface area contributed by atoms with Crippen molar-refractivity contribution in [2.45, 2.75) is 19.3 Å². The fourth-order valence-corrected chi connectivity index (χ4v) is 1.68. The molecule has 1 atom stereocenters. The number of benzene rings is 1. The summed E-state index contributed by atoms with van der Waals surface area (Å²) in [7, 11) is 1.70. The molecule has 0 aliphatic carbocycles. The number of aryl methyl sites for hydroxylation is 1. The van der Waals surface area contributed by atoms with Gasteiger partial charge in [0.2, 0.25) is 0 Å². The number of hydrogen-bond donors (Lipinski definition) is 0. The first kappa shape index (κ1) is 11.5. The fourth-order valence-electron chi connectivity index (χ4n) is 1.40. The highest BCUT2D eigenvalue weighted by atomic mass is 35.5. The molecule has 0 spiro atoms. The number of rotatable bonds is 4. The summed E-state index contributed by atoms with van der Waals surface area (Å²) in [4.78, 5) is 0. The second-order valence-corrected chi connectivity index (χ2v) is 3.83. The smallest absolute Gasteiger partial charge is 0.0470 e. The molecule has 0 fully saturated rings. The average Bonchev–Trinajstić information content (AvgIpc) is 2.18. The summed E-state index contributed by atoms with van der Waals surface area (Å²) in [6, 6.07) is 6.05. The van der Waals surface area contributed by atoms with Crippen molar-refractivity contribution in [1.82, 2.24) is 0 Å². The molecule has 0 amide bonds. The molecule has 14 heavy (non-hydrogen) atoms. The first-order valence-electron chi connectivity index (χ1n) is 4.74. The maximum Gasteiger partial charge on any atom is 0.0470 e. The number of hydrogen-bond acceptors (Lipinski definition) is 1. The van der Waals surface area contributed by atoms with E-state index in [0.29, 0.717) is 0 Å². The van der Waals surface area contributed by atoms with Gasteiger partial charge in [0.25, 0.3) is 0 Å². The van der Waals surface area contributed by atoms with E-state index in [-0.39, 0.29) is 5.92 Å². The number of ether oxygens (including phenoxy) is 1. The first-order chi connectivity index (χ1) is 6.66. The highest BCUT2D eigenvalue weighted by Crippen LogP contribution is 2.28. The third-order valence-electron chi connectivity index (χ3n) is 2.33. The van der Waals surface area contributed by atoms with Crippen LogP contribution in [0.15, 0.2) is 18.2 Å². The Kier molecular flexibility index (Phi) is 4.43. The molecule has 1 rings (SSSR count). The van der Waals surface area contributed by atoms with Crippen molar-refractivity contribution in [2.75, 3.05) is 13.7 Å². The lowest BCUT2D eigenvalue weighted by Gasteiger charge is -2.14. The predicted molar refractivity (Wildman–Crippen MR) is 60.8 cm³/mol. The van der Waals surface area contributed by atoms with Crippen molar-refractivity contribution >= 4 is 11.6 Å². The third kappa shape index (κ3) is 2.73. The zero-order chi connectivity index (χ0) is 10.6. The molecule has 1 nitrogen and oxygen atoms in total. The largest absolute Gasteiger partial charge is 0.385 e. The van der Waals surface area contributed by atoms with Crippen molar-refractivity contribution in [1.29, 1.82) is 0 Å². The molecule has 1 aromatic carbocycles. The predicted octanol–water partition coefficient (Wildman–Crippen LogP) is 3.60. The van der Waals surface area contributed by atoms with E-state index in [1.165, 1.54) is 0 Å². The summed E-state index contributed by atoms with van der Waals surface area (Å²) < 4.78 is 5.02. The van der Waals surface area contributed by atoms with E-state index in [1.54, 1.807) is 7.11 Å². The normalized spacial score (nSPS) is 12.9. The minimum absolute atomic E-state index is 0.211. The van der Waals surface area contributed by atoms with E-state index >= 15 is 0 Å². The van der Waals surface area contributed by atoms with Crippen LogP contribution in [-0.2, 0) is 4.74 Å². The van der Waals surface area contributed by atoms with Crippen LogP contribution in [0.4, 0.5) is 0 Å². The standard InChI is InChI=1S/C12H16ClO/c1-9(7-8-14-3)11-6-4-5-10(2)12(11)13/h4-6,9H,1,7-8H2,2-3H3. The van der Waals surface area contributed by atoms with Gasteiger partial charge < -0.3 is 4.74 Å². The molecule has 0 N–H and O–H groups in total. The minimum atomic E-state index is 0.211. The van der Waals surface area contributed by atoms with Crippen LogP contribution in [0.2, 0.25) is 5.02 Å². The topological polar surface area (TPSA) is 9.23 Å². The Hall–Kier alpha value is -0.530. The molecule has 0 bridgehead atoms. The Balaban J connectivity index is 2.79. The van der Waals surface area contributed by atoms with E-state index in [9.17, 15) is 0 Å². The monoisotopic (exact) mass is 211 g/mol. The fraction of sp³-hybridized carbons (Fsp3) is 0.417. The molecular weight excluding hydrogens is 196 g/mol. The SMILES string of the molecule is [CH2]C(CCOC)c1cccc(C)c1Cl. The maximum absolute atomic E-state index is 6.19. The van der Waals surface area contributed by atoms with Crippen LogP contribution in [0.25, 0.3) is 0 Å². The Labute approximate surface area is 91.0 Å². The van der Waals surface area contributed by atoms with Crippen LogP contribution in [0.3, 0.4) is 0 Å². The molecule has 1 radical (unpaired) electrons. The maximum atomic E-state index is 6.19. The Bertz CT molecular complexity index is 296. The van der Waals surface area contributed by atoms with Crippen LogP contribution in [-0.4, -0.2) is 13.7 Å². The minimum Gasteiger partial charge on any atom is -0.385 e. The zero-order valence-electron chi connectivity index (χ0n) is 8.72. The number of methoxy groups -OCH3 is 1. The van der Waals surface area contributed by atoms with Crippen molar-refractivity contribution in [2.24, 2.45) is 0 Å². The molecule has 0 saturated heterocycles. The zero-order valence-corrected chi connectivity index (χ0v) is 9.47. The van der Waals surface area contributed by atoms with E-state index in [4.69, 9.17) is 16.3 Å². The van der Waals surface area contributed by atoms with E-state index in [0.717, 1.165) is 29.2 Å². The Morgan fingerprint density at radius 3 is 2.86 bits per heavy atom. The summed E-state index contributed by atoms with van der Waals surface area (Å²) in [5.74, 6) is 0.211. The lowest BCUT2D eigenvalue weighted by atomic mass is 9.96. The molecule has 2 heteroatoms. The summed E-state index contributed by atoms with van der Waals surface area (Å²) >= 11 is 6.19. The van der Waals surface area contributed by atoms with Gasteiger partial charge in [-0.3, -0.25) is 0 Å². The van der Waals surface area contributed by atoms with Crippen molar-refractivity contribution in [3.05, 3.63) is 41.3 Å². The van der Waals surface area contributed by atoms with Gasteiger partial charge in [0.05, 0.1) is 0 Å². The van der Waals surface area contributed by atoms with Crippen LogP contribution in [0.5, 0.6) is 0 Å². The van der Waals surface area contributed by atoms with E-state index in [1.807, 2.05) is 25.1 Å². The van der Waals surface area contributed by atoms with Gasteiger partial charge >= 0.3 is 0 Å². The van der Waals surface area contributed by atoms with Gasteiger partial charge in [-0.2, -0.15) is 0 Å². The molecule has 0 aromatic heterocycles. The van der Waals surface area contributed by atoms with Crippen LogP contribution in [0, 0.1) is 13.8 Å². The third-order valence-corrected chi connectivity index (χ3v) is 2.85. The van der Waals surface area contributed by atoms with Crippen molar-refractivity contribution < 1.29 is 4.74 Å². The van der Waals surface area contributed by atoms with Gasteiger partial charge in [-0.15, -0.1) is 0 Å². The van der Waals surface area contributed by atoms with Gasteiger partial charge in [0.15, 0.2) is 0 Å². The first-order valence-corrected chi connectivity index (χ1v) is 5.11. The second-order valence-electron chi connectivity index (χ2n) is 3.46. The lowest BCUT2D eigenvalue weighted by molar-refractivity contribution is 0.191. The van der Waals surface area contributed by atoms with Gasteiger partial charge in [-0.25, -0.2) is 0 Å². The molecule has 0 aliphatic rings. The summed E-state index contributed by atoms with van der Waals surface area (Å²) in [6.45, 7) is 6.81. The molecule has 1 aromatic rings. The highest BCUT2D eigenvalue weighted by molar-refractivity contribution is 6.32. The lowest BCUT2D eigenvalue weighted by Crippen LogP contribution is -2.00. The Morgan fingerprint density at radius 2 is 2.21 bits per heavy atom. The van der Waals surface area contributed by atoms with E-state index < -0.39 is 0 Å². The molecular formula is C12H16ClO. The summed E-state index contributed by atoms with van der Waals surface area (Å²) in [5, 5.41) is 0.837. The highest BCUT2D eigenvalue weighted by Gasteiger charge is 2.10. The second kappa shape index (κ2) is 5.38. The summed E-state index contributed by atoms with van der Waals surface area (Å²) in [6.07, 6.45) is 0.902. The van der Waals surface area contributed by atoms with Gasteiger partial charge in [-0.1, -0.05) is 29.8 Å². The van der Waals surface area contributed by atoms with Crippen LogP contribution >= 0.6 is 11.6 Å². The Morgan fingerprint density at radius 1 is 1.50 bits per heavy atom. The van der Waals surface area contributed by atoms with Gasteiger partial charge in [0, 0.05) is 18.7 Å².